The molecular weight excluding hydrogens is 282 g/mol. The van der Waals surface area contributed by atoms with E-state index in [1.165, 1.54) is 0 Å². The average molecular weight is 301 g/mol. The molecule has 0 radical (unpaired) electrons. The number of rotatable bonds is 3. The first kappa shape index (κ1) is 14.6. The number of ether oxygens (including phenoxy) is 1. The largest absolute Gasteiger partial charge is 0.508 e. The quantitative estimate of drug-likeness (QED) is 0.895. The van der Waals surface area contributed by atoms with Crippen LogP contribution in [-0.2, 0) is 19.5 Å². The maximum atomic E-state index is 12.1. The minimum absolute atomic E-state index is 0.0675. The molecule has 0 saturated carbocycles. The van der Waals surface area contributed by atoms with E-state index in [4.69, 9.17) is 4.74 Å². The Kier molecular flexibility index (Phi) is 3.85. The number of aromatic hydroxyl groups is 1. The van der Waals surface area contributed by atoms with Crippen LogP contribution in [0.5, 0.6) is 11.5 Å². The van der Waals surface area contributed by atoms with Crippen molar-refractivity contribution in [1.29, 1.82) is 0 Å². The molecule has 2 N–H and O–H groups in total. The van der Waals surface area contributed by atoms with Crippen LogP contribution in [0.3, 0.4) is 0 Å². The van der Waals surface area contributed by atoms with Crippen LogP contribution in [0.25, 0.3) is 0 Å². The van der Waals surface area contributed by atoms with Crippen LogP contribution in [0.15, 0.2) is 23.0 Å². The predicted octanol–water partition coefficient (Wildman–Crippen LogP) is 1.35. The molecule has 0 atom stereocenters. The van der Waals surface area contributed by atoms with Crippen LogP contribution in [0, 0.1) is 6.92 Å². The number of fused-ring (bicyclic) bond motifs is 1. The van der Waals surface area contributed by atoms with Crippen molar-refractivity contribution in [2.45, 2.75) is 26.4 Å². The molecule has 2 aromatic rings. The number of aryl methyl sites for hydroxylation is 1. The van der Waals surface area contributed by atoms with Gasteiger partial charge in [0.2, 0.25) is 0 Å². The molecule has 6 heteroatoms. The van der Waals surface area contributed by atoms with Crippen molar-refractivity contribution in [3.05, 3.63) is 51.2 Å². The summed E-state index contributed by atoms with van der Waals surface area (Å²) in [5.74, 6) is 1.60. The fourth-order valence-corrected chi connectivity index (χ4v) is 2.80. The highest BCUT2D eigenvalue weighted by Crippen LogP contribution is 2.25. The SMILES string of the molecule is COc1ccc(O)c(CN2CCc3nc(C)[nH]c(=O)c3C2)c1. The van der Waals surface area contributed by atoms with Crippen molar-refractivity contribution in [2.75, 3.05) is 13.7 Å². The summed E-state index contributed by atoms with van der Waals surface area (Å²) in [6, 6.07) is 5.17. The zero-order chi connectivity index (χ0) is 15.7. The number of methoxy groups -OCH3 is 1. The molecule has 6 nitrogen and oxygen atoms in total. The molecule has 0 aliphatic carbocycles. The molecule has 0 bridgehead atoms. The molecule has 0 fully saturated rings. The molecule has 1 aromatic heterocycles. The van der Waals surface area contributed by atoms with Crippen LogP contribution in [0.2, 0.25) is 0 Å². The lowest BCUT2D eigenvalue weighted by Gasteiger charge is -2.27. The maximum Gasteiger partial charge on any atom is 0.255 e. The standard InChI is InChI=1S/C16H19N3O3/c1-10-17-14-5-6-19(9-13(14)16(21)18-10)8-11-7-12(22-2)3-4-15(11)20/h3-4,7,20H,5-6,8-9H2,1-2H3,(H,17,18,21). The molecule has 0 unspecified atom stereocenters. The molecule has 2 heterocycles. The van der Waals surface area contributed by atoms with Gasteiger partial charge in [-0.1, -0.05) is 0 Å². The molecule has 22 heavy (non-hydrogen) atoms. The second-order valence-electron chi connectivity index (χ2n) is 5.53. The molecule has 116 valence electrons. The summed E-state index contributed by atoms with van der Waals surface area (Å²) >= 11 is 0. The molecule has 0 spiro atoms. The van der Waals surface area contributed by atoms with Gasteiger partial charge in [-0.25, -0.2) is 4.98 Å². The Hall–Kier alpha value is -2.34. The monoisotopic (exact) mass is 301 g/mol. The van der Waals surface area contributed by atoms with Gasteiger partial charge < -0.3 is 14.8 Å². The number of nitrogens with zero attached hydrogens (tertiary/aromatic N) is 2. The zero-order valence-electron chi connectivity index (χ0n) is 12.7. The summed E-state index contributed by atoms with van der Waals surface area (Å²) in [5.41, 5.74) is 2.33. The zero-order valence-corrected chi connectivity index (χ0v) is 12.7. The van der Waals surface area contributed by atoms with Gasteiger partial charge in [0.25, 0.3) is 5.56 Å². The number of benzene rings is 1. The second kappa shape index (κ2) is 5.81. The van der Waals surface area contributed by atoms with Crippen molar-refractivity contribution < 1.29 is 9.84 Å². The Morgan fingerprint density at radius 1 is 1.45 bits per heavy atom. The van der Waals surface area contributed by atoms with Gasteiger partial charge in [-0.2, -0.15) is 0 Å². The minimum Gasteiger partial charge on any atom is -0.508 e. The molecule has 1 aliphatic heterocycles. The topological polar surface area (TPSA) is 78.5 Å². The summed E-state index contributed by atoms with van der Waals surface area (Å²) in [4.78, 5) is 21.3. The van der Waals surface area contributed by atoms with Crippen molar-refractivity contribution in [2.24, 2.45) is 0 Å². The first-order valence-corrected chi connectivity index (χ1v) is 7.23. The lowest BCUT2D eigenvalue weighted by atomic mass is 10.1. The fraction of sp³-hybridized carbons (Fsp3) is 0.375. The average Bonchev–Trinajstić information content (AvgIpc) is 2.50. The highest BCUT2D eigenvalue weighted by atomic mass is 16.5. The molecule has 0 amide bonds. The van der Waals surface area contributed by atoms with Crippen LogP contribution in [0.4, 0.5) is 0 Å². The van der Waals surface area contributed by atoms with Gasteiger partial charge >= 0.3 is 0 Å². The molecule has 1 aliphatic rings. The van der Waals surface area contributed by atoms with Crippen molar-refractivity contribution in [3.8, 4) is 11.5 Å². The predicted molar refractivity (Wildman–Crippen MR) is 82.1 cm³/mol. The Labute approximate surface area is 128 Å². The van der Waals surface area contributed by atoms with Gasteiger partial charge in [0, 0.05) is 31.6 Å². The summed E-state index contributed by atoms with van der Waals surface area (Å²) < 4.78 is 5.19. The maximum absolute atomic E-state index is 12.1. The van der Waals surface area contributed by atoms with Crippen LogP contribution in [-0.4, -0.2) is 33.6 Å². The highest BCUT2D eigenvalue weighted by molar-refractivity contribution is 5.39. The lowest BCUT2D eigenvalue weighted by Crippen LogP contribution is -2.35. The van der Waals surface area contributed by atoms with Gasteiger partial charge in [-0.05, 0) is 25.1 Å². The summed E-state index contributed by atoms with van der Waals surface area (Å²) in [7, 11) is 1.60. The number of phenols is 1. The number of nitrogens with one attached hydrogen (secondary N) is 1. The Morgan fingerprint density at radius 3 is 3.05 bits per heavy atom. The third-order valence-electron chi connectivity index (χ3n) is 3.95. The van der Waals surface area contributed by atoms with E-state index in [0.717, 1.165) is 29.8 Å². The van der Waals surface area contributed by atoms with Gasteiger partial charge in [0.05, 0.1) is 18.4 Å². The van der Waals surface area contributed by atoms with Gasteiger partial charge in [-0.15, -0.1) is 0 Å². The van der Waals surface area contributed by atoms with Crippen LogP contribution >= 0.6 is 0 Å². The van der Waals surface area contributed by atoms with Crippen molar-refractivity contribution >= 4 is 0 Å². The summed E-state index contributed by atoms with van der Waals surface area (Å²) in [6.07, 6.45) is 0.741. The van der Waals surface area contributed by atoms with E-state index in [9.17, 15) is 9.90 Å². The fourth-order valence-electron chi connectivity index (χ4n) is 2.80. The third-order valence-corrected chi connectivity index (χ3v) is 3.95. The van der Waals surface area contributed by atoms with E-state index in [2.05, 4.69) is 14.9 Å². The summed E-state index contributed by atoms with van der Waals surface area (Å²) in [6.45, 7) is 3.70. The minimum atomic E-state index is -0.0675. The van der Waals surface area contributed by atoms with Gasteiger partial charge in [-0.3, -0.25) is 9.69 Å². The van der Waals surface area contributed by atoms with E-state index < -0.39 is 0 Å². The molecule has 1 aromatic carbocycles. The van der Waals surface area contributed by atoms with Crippen molar-refractivity contribution in [3.63, 3.8) is 0 Å². The van der Waals surface area contributed by atoms with E-state index in [0.29, 0.717) is 24.7 Å². The number of aromatic amines is 1. The molecular formula is C16H19N3O3. The number of aromatic nitrogens is 2. The van der Waals surface area contributed by atoms with E-state index in [1.54, 1.807) is 26.2 Å². The first-order valence-electron chi connectivity index (χ1n) is 7.23. The Balaban J connectivity index is 1.82. The summed E-state index contributed by atoms with van der Waals surface area (Å²) in [5, 5.41) is 9.98. The van der Waals surface area contributed by atoms with Crippen LogP contribution < -0.4 is 10.3 Å². The highest BCUT2D eigenvalue weighted by Gasteiger charge is 2.21. The van der Waals surface area contributed by atoms with E-state index >= 15 is 0 Å². The third kappa shape index (κ3) is 2.82. The van der Waals surface area contributed by atoms with E-state index in [-0.39, 0.29) is 11.3 Å². The van der Waals surface area contributed by atoms with Crippen LogP contribution in [0.1, 0.15) is 22.6 Å². The Bertz CT molecular complexity index is 755. The second-order valence-corrected chi connectivity index (χ2v) is 5.53. The normalized spacial score (nSPS) is 14.6. The number of hydrogen-bond donors (Lipinski definition) is 2. The van der Waals surface area contributed by atoms with Crippen molar-refractivity contribution in [1.82, 2.24) is 14.9 Å². The van der Waals surface area contributed by atoms with E-state index in [1.807, 2.05) is 6.07 Å². The molecule has 0 saturated heterocycles. The number of hydrogen-bond acceptors (Lipinski definition) is 5. The number of H-pyrrole nitrogens is 1. The smallest absolute Gasteiger partial charge is 0.255 e. The molecule has 3 rings (SSSR count). The number of phenolic OH excluding ortho intramolecular Hbond substituents is 1. The van der Waals surface area contributed by atoms with Gasteiger partial charge in [0.15, 0.2) is 0 Å². The lowest BCUT2D eigenvalue weighted by molar-refractivity contribution is 0.238. The van der Waals surface area contributed by atoms with Gasteiger partial charge in [0.1, 0.15) is 17.3 Å². The first-order chi connectivity index (χ1) is 10.6. The Morgan fingerprint density at radius 2 is 2.27 bits per heavy atom.